The van der Waals surface area contributed by atoms with Gasteiger partial charge in [-0.3, -0.25) is 0 Å². The van der Waals surface area contributed by atoms with Crippen LogP contribution in [-0.2, 0) is 9.47 Å². The first-order chi connectivity index (χ1) is 6.57. The molecule has 0 aliphatic carbocycles. The fourth-order valence-electron chi connectivity index (χ4n) is 1.34. The Hall–Kier alpha value is -0.240. The number of aliphatic hydroxyl groups is 3. The topological polar surface area (TPSA) is 105 Å². The highest BCUT2D eigenvalue weighted by atomic mass is 16.7. The van der Waals surface area contributed by atoms with Crippen molar-refractivity contribution in [3.8, 4) is 0 Å². The highest BCUT2D eigenvalue weighted by Gasteiger charge is 2.42. The van der Waals surface area contributed by atoms with Gasteiger partial charge in [0.05, 0.1) is 12.7 Å². The maximum absolute atomic E-state index is 9.45. The smallest absolute Gasteiger partial charge is 0.186 e. The molecular weight excluding hydrogens is 190 g/mol. The van der Waals surface area contributed by atoms with Crippen LogP contribution in [-0.4, -0.2) is 59.2 Å². The molecule has 1 fully saturated rings. The van der Waals surface area contributed by atoms with Crippen molar-refractivity contribution in [2.45, 2.75) is 37.6 Å². The molecule has 0 radical (unpaired) electrons. The van der Waals surface area contributed by atoms with Crippen molar-refractivity contribution < 1.29 is 24.8 Å². The molecule has 0 saturated carbocycles. The fraction of sp³-hybridized carbons (Fsp3) is 1.00. The molecule has 5 N–H and O–H groups in total. The second-order valence-corrected chi connectivity index (χ2v) is 3.34. The molecule has 0 aromatic heterocycles. The molecule has 0 bridgehead atoms. The van der Waals surface area contributed by atoms with Gasteiger partial charge in [-0.1, -0.05) is 0 Å². The minimum absolute atomic E-state index is 0.233. The van der Waals surface area contributed by atoms with E-state index in [2.05, 4.69) is 0 Å². The molecule has 14 heavy (non-hydrogen) atoms. The minimum Gasteiger partial charge on any atom is -0.388 e. The summed E-state index contributed by atoms with van der Waals surface area (Å²) in [7, 11) is 0. The summed E-state index contributed by atoms with van der Waals surface area (Å²) < 4.78 is 10.2. The normalized spacial score (nSPS) is 43.9. The third-order valence-corrected chi connectivity index (χ3v) is 2.21. The first kappa shape index (κ1) is 11.8. The van der Waals surface area contributed by atoms with E-state index in [-0.39, 0.29) is 6.61 Å². The zero-order valence-corrected chi connectivity index (χ0v) is 8.04. The molecule has 0 amide bonds. The predicted molar refractivity (Wildman–Crippen MR) is 47.4 cm³/mol. The Morgan fingerprint density at radius 1 is 1.21 bits per heavy atom. The van der Waals surface area contributed by atoms with E-state index in [1.807, 2.05) is 0 Å². The van der Waals surface area contributed by atoms with Crippen LogP contribution < -0.4 is 5.73 Å². The lowest BCUT2D eigenvalue weighted by Gasteiger charge is -2.38. The lowest BCUT2D eigenvalue weighted by atomic mass is 10.0. The molecule has 1 rings (SSSR count). The molecule has 1 unspecified atom stereocenters. The minimum atomic E-state index is -1.25. The Morgan fingerprint density at radius 2 is 1.86 bits per heavy atom. The summed E-state index contributed by atoms with van der Waals surface area (Å²) in [6.45, 7) is 2.13. The number of hydrogen-bond acceptors (Lipinski definition) is 6. The molecule has 1 saturated heterocycles. The van der Waals surface area contributed by atoms with Gasteiger partial charge in [0.2, 0.25) is 0 Å². The maximum atomic E-state index is 9.45. The first-order valence-electron chi connectivity index (χ1n) is 4.59. The second kappa shape index (κ2) is 5.01. The van der Waals surface area contributed by atoms with Crippen LogP contribution >= 0.6 is 0 Å². The Bertz CT molecular complexity index is 179. The van der Waals surface area contributed by atoms with Gasteiger partial charge in [-0.2, -0.15) is 0 Å². The van der Waals surface area contributed by atoms with E-state index in [9.17, 15) is 15.3 Å². The van der Waals surface area contributed by atoms with Gasteiger partial charge in [0.25, 0.3) is 0 Å². The van der Waals surface area contributed by atoms with Crippen molar-refractivity contribution in [1.29, 1.82) is 0 Å². The van der Waals surface area contributed by atoms with E-state index < -0.39 is 30.7 Å². The van der Waals surface area contributed by atoms with Gasteiger partial charge in [0.1, 0.15) is 18.3 Å². The standard InChI is InChI=1S/C8H17NO5/c1-4-5(10)6(11)7(12)8(14-4)13-3-2-9/h4-8,10-12H,2-3,9H2,1H3/t4-,5+,6+,7-,8?/m1/s1. The van der Waals surface area contributed by atoms with Gasteiger partial charge in [0.15, 0.2) is 6.29 Å². The number of rotatable bonds is 3. The fourth-order valence-corrected chi connectivity index (χ4v) is 1.34. The average molecular weight is 207 g/mol. The first-order valence-corrected chi connectivity index (χ1v) is 4.59. The molecule has 1 aliphatic rings. The molecule has 84 valence electrons. The van der Waals surface area contributed by atoms with Crippen LogP contribution in [0.25, 0.3) is 0 Å². The van der Waals surface area contributed by atoms with Gasteiger partial charge in [-0.05, 0) is 6.92 Å². The van der Waals surface area contributed by atoms with Crippen LogP contribution in [0.15, 0.2) is 0 Å². The molecule has 1 heterocycles. The van der Waals surface area contributed by atoms with Gasteiger partial charge in [0, 0.05) is 6.54 Å². The summed E-state index contributed by atoms with van der Waals surface area (Å²) in [6, 6.07) is 0. The molecule has 6 heteroatoms. The van der Waals surface area contributed by atoms with Crippen LogP contribution in [0.3, 0.4) is 0 Å². The second-order valence-electron chi connectivity index (χ2n) is 3.34. The third kappa shape index (κ3) is 2.41. The predicted octanol–water partition coefficient (Wildman–Crippen LogP) is -2.21. The number of aliphatic hydroxyl groups excluding tert-OH is 3. The van der Waals surface area contributed by atoms with E-state index in [1.165, 1.54) is 0 Å². The zero-order valence-electron chi connectivity index (χ0n) is 8.04. The van der Waals surface area contributed by atoms with E-state index in [0.29, 0.717) is 6.54 Å². The van der Waals surface area contributed by atoms with Crippen molar-refractivity contribution in [3.05, 3.63) is 0 Å². The molecule has 5 atom stereocenters. The SMILES string of the molecule is C[C@H]1OC(OCCN)[C@H](O)[C@@H](O)[C@H]1O. The summed E-state index contributed by atoms with van der Waals surface area (Å²) >= 11 is 0. The largest absolute Gasteiger partial charge is 0.388 e. The summed E-state index contributed by atoms with van der Waals surface area (Å²) in [5.41, 5.74) is 5.21. The van der Waals surface area contributed by atoms with Crippen LogP contribution in [0.2, 0.25) is 0 Å². The van der Waals surface area contributed by atoms with Crippen LogP contribution in [0, 0.1) is 0 Å². The Labute approximate surface area is 82.2 Å². The van der Waals surface area contributed by atoms with Crippen molar-refractivity contribution in [2.75, 3.05) is 13.2 Å². The molecule has 0 spiro atoms. The highest BCUT2D eigenvalue weighted by Crippen LogP contribution is 2.21. The van der Waals surface area contributed by atoms with E-state index >= 15 is 0 Å². The molecule has 0 aromatic rings. The Balaban J connectivity index is 2.52. The Kier molecular flexibility index (Phi) is 4.24. The van der Waals surface area contributed by atoms with E-state index in [1.54, 1.807) is 6.92 Å². The van der Waals surface area contributed by atoms with Crippen LogP contribution in [0.5, 0.6) is 0 Å². The number of ether oxygens (including phenoxy) is 2. The van der Waals surface area contributed by atoms with Gasteiger partial charge >= 0.3 is 0 Å². The van der Waals surface area contributed by atoms with Crippen LogP contribution in [0.4, 0.5) is 0 Å². The summed E-state index contributed by atoms with van der Waals surface area (Å²) in [6.07, 6.45) is -5.08. The maximum Gasteiger partial charge on any atom is 0.186 e. The van der Waals surface area contributed by atoms with Crippen molar-refractivity contribution in [1.82, 2.24) is 0 Å². The van der Waals surface area contributed by atoms with E-state index in [4.69, 9.17) is 15.2 Å². The summed E-state index contributed by atoms with van der Waals surface area (Å²) in [5.74, 6) is 0. The van der Waals surface area contributed by atoms with Gasteiger partial charge < -0.3 is 30.5 Å². The highest BCUT2D eigenvalue weighted by molar-refractivity contribution is 4.87. The van der Waals surface area contributed by atoms with Gasteiger partial charge in [-0.15, -0.1) is 0 Å². The van der Waals surface area contributed by atoms with Gasteiger partial charge in [-0.25, -0.2) is 0 Å². The summed E-state index contributed by atoms with van der Waals surface area (Å²) in [4.78, 5) is 0. The molecular formula is C8H17NO5. The summed E-state index contributed by atoms with van der Waals surface area (Å²) in [5, 5.41) is 28.2. The monoisotopic (exact) mass is 207 g/mol. The Morgan fingerprint density at radius 3 is 2.43 bits per heavy atom. The van der Waals surface area contributed by atoms with Crippen LogP contribution in [0.1, 0.15) is 6.92 Å². The lowest BCUT2D eigenvalue weighted by Crippen LogP contribution is -2.57. The molecule has 6 nitrogen and oxygen atoms in total. The lowest BCUT2D eigenvalue weighted by molar-refractivity contribution is -0.292. The number of hydrogen-bond donors (Lipinski definition) is 4. The molecule has 1 aliphatic heterocycles. The number of nitrogens with two attached hydrogens (primary N) is 1. The quantitative estimate of drug-likeness (QED) is 0.418. The third-order valence-electron chi connectivity index (χ3n) is 2.21. The van der Waals surface area contributed by atoms with Crippen molar-refractivity contribution >= 4 is 0 Å². The average Bonchev–Trinajstić information content (AvgIpc) is 2.18. The molecule has 0 aromatic carbocycles. The van der Waals surface area contributed by atoms with E-state index in [0.717, 1.165) is 0 Å². The van der Waals surface area contributed by atoms with Crippen molar-refractivity contribution in [2.24, 2.45) is 5.73 Å². The van der Waals surface area contributed by atoms with Crippen molar-refractivity contribution in [3.63, 3.8) is 0 Å². The zero-order chi connectivity index (χ0) is 10.7.